The zero-order chi connectivity index (χ0) is 18.3. The minimum atomic E-state index is -0.787. The Morgan fingerprint density at radius 1 is 1.19 bits per heavy atom. The summed E-state index contributed by atoms with van der Waals surface area (Å²) in [4.78, 5) is 33.6. The summed E-state index contributed by atoms with van der Waals surface area (Å²) in [6.07, 6.45) is 0.914. The smallest absolute Gasteiger partial charge is 0.273 e. The summed E-state index contributed by atoms with van der Waals surface area (Å²) in [5.74, 6) is -0.131. The van der Waals surface area contributed by atoms with Crippen LogP contribution in [0.4, 0.5) is 10.2 Å². The number of halogens is 1. The lowest BCUT2D eigenvalue weighted by Gasteiger charge is -2.35. The van der Waals surface area contributed by atoms with E-state index in [1.807, 2.05) is 18.0 Å². The Bertz CT molecular complexity index is 868. The molecule has 1 atom stereocenters. The highest BCUT2D eigenvalue weighted by atomic mass is 19.1. The summed E-state index contributed by atoms with van der Waals surface area (Å²) < 4.78 is 13.2. The van der Waals surface area contributed by atoms with Gasteiger partial charge in [0.15, 0.2) is 0 Å². The van der Waals surface area contributed by atoms with Crippen molar-refractivity contribution in [1.29, 1.82) is 0 Å². The van der Waals surface area contributed by atoms with Crippen molar-refractivity contribution in [2.24, 2.45) is 0 Å². The molecule has 4 rings (SSSR count). The van der Waals surface area contributed by atoms with E-state index in [-0.39, 0.29) is 17.6 Å². The van der Waals surface area contributed by atoms with Crippen LogP contribution in [0.25, 0.3) is 0 Å². The van der Waals surface area contributed by atoms with Crippen molar-refractivity contribution >= 4 is 17.6 Å². The Morgan fingerprint density at radius 2 is 1.96 bits per heavy atom. The summed E-state index contributed by atoms with van der Waals surface area (Å²) in [6, 6.07) is 8.52. The van der Waals surface area contributed by atoms with Crippen LogP contribution in [-0.4, -0.2) is 48.4 Å². The lowest BCUT2D eigenvalue weighted by molar-refractivity contribution is -0.128. The van der Waals surface area contributed by atoms with Crippen molar-refractivity contribution in [1.82, 2.24) is 15.2 Å². The fraction of sp³-hybridized carbons (Fsp3) is 0.316. The van der Waals surface area contributed by atoms with Gasteiger partial charge in [0.05, 0.1) is 0 Å². The molecule has 7 heteroatoms. The van der Waals surface area contributed by atoms with Gasteiger partial charge in [0.2, 0.25) is 5.91 Å². The SMILES string of the molecule is CN1CCc2ccc(C(=O)N3CCNC(=O)C3c3ccc(F)cc3)nc21. The van der Waals surface area contributed by atoms with Gasteiger partial charge in [0.25, 0.3) is 5.91 Å². The molecule has 0 spiro atoms. The summed E-state index contributed by atoms with van der Waals surface area (Å²) in [7, 11) is 1.95. The fourth-order valence-corrected chi connectivity index (χ4v) is 3.53. The zero-order valence-corrected chi connectivity index (χ0v) is 14.4. The zero-order valence-electron chi connectivity index (χ0n) is 14.4. The quantitative estimate of drug-likeness (QED) is 0.888. The van der Waals surface area contributed by atoms with Crippen LogP contribution < -0.4 is 10.2 Å². The minimum absolute atomic E-state index is 0.269. The standard InChI is InChI=1S/C19H19FN4O2/c1-23-10-8-13-4-7-15(22-17(13)23)19(26)24-11-9-21-18(25)16(24)12-2-5-14(20)6-3-12/h2-7,16H,8-11H2,1H3,(H,21,25). The summed E-state index contributed by atoms with van der Waals surface area (Å²) in [5.41, 5.74) is 2.02. The summed E-state index contributed by atoms with van der Waals surface area (Å²) >= 11 is 0. The Kier molecular flexibility index (Phi) is 4.06. The van der Waals surface area contributed by atoms with Gasteiger partial charge in [-0.15, -0.1) is 0 Å². The number of rotatable bonds is 2. The molecule has 0 bridgehead atoms. The molecular weight excluding hydrogens is 335 g/mol. The third kappa shape index (κ3) is 2.79. The third-order valence-corrected chi connectivity index (χ3v) is 4.91. The van der Waals surface area contributed by atoms with E-state index in [9.17, 15) is 14.0 Å². The largest absolute Gasteiger partial charge is 0.359 e. The number of likely N-dealkylation sites (N-methyl/N-ethyl adjacent to an activating group) is 1. The molecule has 1 aromatic heterocycles. The van der Waals surface area contributed by atoms with Crippen LogP contribution in [0.5, 0.6) is 0 Å². The molecule has 2 amide bonds. The molecule has 2 aliphatic rings. The van der Waals surface area contributed by atoms with Crippen LogP contribution in [0.1, 0.15) is 27.7 Å². The molecule has 1 fully saturated rings. The number of hydrogen-bond acceptors (Lipinski definition) is 4. The first-order valence-corrected chi connectivity index (χ1v) is 8.60. The van der Waals surface area contributed by atoms with E-state index in [0.29, 0.717) is 24.3 Å². The lowest BCUT2D eigenvalue weighted by atomic mass is 10.0. The maximum absolute atomic E-state index is 13.2. The van der Waals surface area contributed by atoms with Crippen LogP contribution >= 0.6 is 0 Å². The average Bonchev–Trinajstić information content (AvgIpc) is 3.02. The first kappa shape index (κ1) is 16.5. The minimum Gasteiger partial charge on any atom is -0.359 e. The average molecular weight is 354 g/mol. The van der Waals surface area contributed by atoms with E-state index < -0.39 is 6.04 Å². The number of nitrogens with one attached hydrogen (secondary N) is 1. The monoisotopic (exact) mass is 354 g/mol. The molecule has 6 nitrogen and oxygen atoms in total. The number of fused-ring (bicyclic) bond motifs is 1. The van der Waals surface area contributed by atoms with Gasteiger partial charge in [-0.05, 0) is 35.7 Å². The van der Waals surface area contributed by atoms with Crippen molar-refractivity contribution in [3.63, 3.8) is 0 Å². The lowest BCUT2D eigenvalue weighted by Crippen LogP contribution is -2.52. The molecule has 1 aromatic carbocycles. The molecule has 3 heterocycles. The second kappa shape index (κ2) is 6.40. The van der Waals surface area contributed by atoms with Crippen molar-refractivity contribution in [3.05, 3.63) is 59.0 Å². The highest BCUT2D eigenvalue weighted by molar-refractivity contribution is 5.97. The van der Waals surface area contributed by atoms with E-state index in [2.05, 4.69) is 10.3 Å². The number of piperazine rings is 1. The molecule has 1 saturated heterocycles. The number of carbonyl (C=O) groups is 2. The number of pyridine rings is 1. The number of hydrogen-bond donors (Lipinski definition) is 1. The van der Waals surface area contributed by atoms with Gasteiger partial charge < -0.3 is 15.1 Å². The van der Waals surface area contributed by atoms with Gasteiger partial charge >= 0.3 is 0 Å². The third-order valence-electron chi connectivity index (χ3n) is 4.91. The number of carbonyl (C=O) groups excluding carboxylic acids is 2. The van der Waals surface area contributed by atoms with Crippen LogP contribution in [0, 0.1) is 5.82 Å². The summed E-state index contributed by atoms with van der Waals surface area (Å²) in [6.45, 7) is 1.64. The van der Waals surface area contributed by atoms with Gasteiger partial charge in [0.1, 0.15) is 23.4 Å². The van der Waals surface area contributed by atoms with E-state index in [1.165, 1.54) is 29.2 Å². The van der Waals surface area contributed by atoms with Crippen LogP contribution in [0.2, 0.25) is 0 Å². The number of aromatic nitrogens is 1. The van der Waals surface area contributed by atoms with E-state index >= 15 is 0 Å². The van der Waals surface area contributed by atoms with Gasteiger partial charge in [-0.25, -0.2) is 9.37 Å². The Labute approximate surface area is 150 Å². The molecule has 0 radical (unpaired) electrons. The maximum atomic E-state index is 13.2. The Morgan fingerprint density at radius 3 is 2.73 bits per heavy atom. The molecule has 1 N–H and O–H groups in total. The van der Waals surface area contributed by atoms with Gasteiger partial charge in [-0.1, -0.05) is 18.2 Å². The predicted octanol–water partition coefficient (Wildman–Crippen LogP) is 1.53. The molecule has 0 saturated carbocycles. The van der Waals surface area contributed by atoms with E-state index in [4.69, 9.17) is 0 Å². The molecule has 1 unspecified atom stereocenters. The highest BCUT2D eigenvalue weighted by Gasteiger charge is 2.35. The first-order chi connectivity index (χ1) is 12.5. The van der Waals surface area contributed by atoms with Gasteiger partial charge in [0, 0.05) is 26.7 Å². The van der Waals surface area contributed by atoms with Crippen LogP contribution in [0.3, 0.4) is 0 Å². The Hall–Kier alpha value is -2.96. The van der Waals surface area contributed by atoms with Crippen LogP contribution in [-0.2, 0) is 11.2 Å². The van der Waals surface area contributed by atoms with E-state index in [1.54, 1.807) is 6.07 Å². The number of nitrogens with zero attached hydrogens (tertiary/aromatic N) is 3. The second-order valence-electron chi connectivity index (χ2n) is 6.59. The molecule has 26 heavy (non-hydrogen) atoms. The second-order valence-corrected chi connectivity index (χ2v) is 6.59. The molecular formula is C19H19FN4O2. The predicted molar refractivity (Wildman–Crippen MR) is 94.4 cm³/mol. The molecule has 134 valence electrons. The fourth-order valence-electron chi connectivity index (χ4n) is 3.53. The van der Waals surface area contributed by atoms with Crippen molar-refractivity contribution < 1.29 is 14.0 Å². The van der Waals surface area contributed by atoms with Crippen molar-refractivity contribution in [2.75, 3.05) is 31.6 Å². The van der Waals surface area contributed by atoms with E-state index in [0.717, 1.165) is 24.3 Å². The van der Waals surface area contributed by atoms with Crippen LogP contribution in [0.15, 0.2) is 36.4 Å². The van der Waals surface area contributed by atoms with Gasteiger partial charge in [-0.3, -0.25) is 9.59 Å². The highest BCUT2D eigenvalue weighted by Crippen LogP contribution is 2.28. The Balaban J connectivity index is 1.68. The summed E-state index contributed by atoms with van der Waals surface area (Å²) in [5, 5.41) is 2.78. The number of benzene rings is 1. The first-order valence-electron chi connectivity index (χ1n) is 8.60. The number of anilines is 1. The topological polar surface area (TPSA) is 65.5 Å². The maximum Gasteiger partial charge on any atom is 0.273 e. The van der Waals surface area contributed by atoms with Gasteiger partial charge in [-0.2, -0.15) is 0 Å². The normalized spacial score (nSPS) is 19.3. The molecule has 2 aromatic rings. The number of amides is 2. The molecule has 0 aliphatic carbocycles. The van der Waals surface area contributed by atoms with Crippen molar-refractivity contribution in [2.45, 2.75) is 12.5 Å². The molecule has 2 aliphatic heterocycles. The van der Waals surface area contributed by atoms with Crippen molar-refractivity contribution in [3.8, 4) is 0 Å².